The fourth-order valence-corrected chi connectivity index (χ4v) is 2.97. The van der Waals surface area contributed by atoms with E-state index in [4.69, 9.17) is 11.6 Å². The second-order valence-corrected chi connectivity index (χ2v) is 6.53. The van der Waals surface area contributed by atoms with Crippen LogP contribution in [0, 0.1) is 10.1 Å². The number of rotatable bonds is 4. The van der Waals surface area contributed by atoms with Crippen LogP contribution in [0.5, 0.6) is 11.5 Å². The summed E-state index contributed by atoms with van der Waals surface area (Å²) in [6.45, 7) is 0. The minimum Gasteiger partial charge on any atom is -0.507 e. The highest BCUT2D eigenvalue weighted by Crippen LogP contribution is 2.37. The molecule has 9 nitrogen and oxygen atoms in total. The van der Waals surface area contributed by atoms with Crippen molar-refractivity contribution in [3.05, 3.63) is 81.1 Å². The number of hydrogen-bond donors (Lipinski definition) is 2. The molecule has 0 atom stereocenters. The van der Waals surface area contributed by atoms with Gasteiger partial charge in [-0.3, -0.25) is 14.9 Å². The molecule has 0 bridgehead atoms. The predicted molar refractivity (Wildman–Crippen MR) is 103 cm³/mol. The Hall–Kier alpha value is -3.98. The van der Waals surface area contributed by atoms with Gasteiger partial charge in [0.2, 0.25) is 11.5 Å². The van der Waals surface area contributed by atoms with Gasteiger partial charge in [-0.15, -0.1) is 0 Å². The van der Waals surface area contributed by atoms with E-state index in [0.29, 0.717) is 16.4 Å². The zero-order valence-electron chi connectivity index (χ0n) is 14.5. The fraction of sp³-hybridized carbons (Fsp3) is 0. The molecule has 0 amide bonds. The van der Waals surface area contributed by atoms with Crippen molar-refractivity contribution in [2.24, 2.45) is 0 Å². The summed E-state index contributed by atoms with van der Waals surface area (Å²) >= 11 is 5.89. The molecule has 0 unspecified atom stereocenters. The average Bonchev–Trinajstić information content (AvgIpc) is 3.11. The van der Waals surface area contributed by atoms with Crippen molar-refractivity contribution in [1.82, 2.24) is 14.6 Å². The molecule has 0 aliphatic carbocycles. The van der Waals surface area contributed by atoms with Crippen LogP contribution < -0.4 is 0 Å². The number of phenolic OH excluding ortho intramolecular Hbond substituents is 2. The molecule has 144 valence electrons. The molecule has 0 radical (unpaired) electrons. The standard InChI is InChI=1S/C19H11ClN4O5/c20-12-3-1-10(2-4-12)13-7-16-21-8-11(9-23(16)22-13)18(26)17-15(25)6-5-14(19(17)27)24(28)29/h1-9,25,27H. The van der Waals surface area contributed by atoms with Gasteiger partial charge in [-0.05, 0) is 18.2 Å². The van der Waals surface area contributed by atoms with Crippen LogP contribution in [-0.4, -0.2) is 35.5 Å². The highest BCUT2D eigenvalue weighted by Gasteiger charge is 2.26. The first-order valence-corrected chi connectivity index (χ1v) is 8.58. The van der Waals surface area contributed by atoms with Gasteiger partial charge >= 0.3 is 5.69 Å². The first-order valence-electron chi connectivity index (χ1n) is 8.20. The molecule has 0 saturated heterocycles. The van der Waals surface area contributed by atoms with Gasteiger partial charge in [0.1, 0.15) is 11.3 Å². The van der Waals surface area contributed by atoms with E-state index in [9.17, 15) is 25.1 Å². The number of aromatic nitrogens is 3. The third-order valence-corrected chi connectivity index (χ3v) is 4.53. The Bertz CT molecular complexity index is 1280. The summed E-state index contributed by atoms with van der Waals surface area (Å²) in [5, 5.41) is 36.0. The smallest absolute Gasteiger partial charge is 0.311 e. The van der Waals surface area contributed by atoms with E-state index in [1.165, 1.54) is 16.9 Å². The lowest BCUT2D eigenvalue weighted by Gasteiger charge is -2.07. The third kappa shape index (κ3) is 3.23. The van der Waals surface area contributed by atoms with E-state index in [2.05, 4.69) is 10.1 Å². The molecule has 2 heterocycles. The Labute approximate surface area is 167 Å². The molecule has 29 heavy (non-hydrogen) atoms. The summed E-state index contributed by atoms with van der Waals surface area (Å²) in [6, 6.07) is 10.6. The van der Waals surface area contributed by atoms with Gasteiger partial charge in [-0.2, -0.15) is 5.10 Å². The molecule has 0 spiro atoms. The SMILES string of the molecule is O=C(c1cnc2cc(-c3ccc(Cl)cc3)nn2c1)c1c(O)ccc([N+](=O)[O-])c1O. The van der Waals surface area contributed by atoms with Gasteiger partial charge in [-0.1, -0.05) is 23.7 Å². The number of carbonyl (C=O) groups excluding carboxylic acids is 1. The Morgan fingerprint density at radius 3 is 2.55 bits per heavy atom. The number of fused-ring (bicyclic) bond motifs is 1. The van der Waals surface area contributed by atoms with Crippen LogP contribution in [0.15, 0.2) is 54.9 Å². The number of ketones is 1. The van der Waals surface area contributed by atoms with Crippen molar-refractivity contribution in [2.75, 3.05) is 0 Å². The fourth-order valence-electron chi connectivity index (χ4n) is 2.84. The highest BCUT2D eigenvalue weighted by molar-refractivity contribution is 6.30. The van der Waals surface area contributed by atoms with E-state index in [0.717, 1.165) is 17.7 Å². The number of aromatic hydroxyl groups is 2. The molecule has 0 saturated carbocycles. The molecule has 0 aliphatic rings. The van der Waals surface area contributed by atoms with Crippen LogP contribution in [0.4, 0.5) is 5.69 Å². The number of benzene rings is 2. The summed E-state index contributed by atoms with van der Waals surface area (Å²) in [6.07, 6.45) is 2.60. The van der Waals surface area contributed by atoms with Crippen LogP contribution in [0.1, 0.15) is 15.9 Å². The van der Waals surface area contributed by atoms with Gasteiger partial charge in [0, 0.05) is 35.1 Å². The van der Waals surface area contributed by atoms with Crippen LogP contribution >= 0.6 is 11.6 Å². The third-order valence-electron chi connectivity index (χ3n) is 4.27. The molecular weight excluding hydrogens is 400 g/mol. The number of phenols is 2. The number of halogens is 1. The lowest BCUT2D eigenvalue weighted by Crippen LogP contribution is -2.06. The minimum absolute atomic E-state index is 0.0191. The predicted octanol–water partition coefficient (Wildman–Crippen LogP) is 3.60. The van der Waals surface area contributed by atoms with Crippen LogP contribution in [0.2, 0.25) is 5.02 Å². The maximum atomic E-state index is 12.8. The molecule has 2 aromatic carbocycles. The lowest BCUT2D eigenvalue weighted by atomic mass is 10.0. The Morgan fingerprint density at radius 2 is 1.86 bits per heavy atom. The number of nitro benzene ring substituents is 1. The molecule has 4 aromatic rings. The number of nitro groups is 1. The number of carbonyl (C=O) groups is 1. The lowest BCUT2D eigenvalue weighted by molar-refractivity contribution is -0.385. The number of hydrogen-bond acceptors (Lipinski definition) is 7. The van der Waals surface area contributed by atoms with E-state index >= 15 is 0 Å². The van der Waals surface area contributed by atoms with Crippen molar-refractivity contribution in [1.29, 1.82) is 0 Å². The van der Waals surface area contributed by atoms with E-state index in [1.807, 2.05) is 0 Å². The minimum atomic E-state index is -0.914. The summed E-state index contributed by atoms with van der Waals surface area (Å²) in [7, 11) is 0. The molecular formula is C19H11ClN4O5. The quantitative estimate of drug-likeness (QED) is 0.298. The van der Waals surface area contributed by atoms with Crippen LogP contribution in [-0.2, 0) is 0 Å². The van der Waals surface area contributed by atoms with Gasteiger partial charge < -0.3 is 10.2 Å². The summed E-state index contributed by atoms with van der Waals surface area (Å²) in [5.41, 5.74) is 0.560. The van der Waals surface area contributed by atoms with Gasteiger partial charge in [0.25, 0.3) is 0 Å². The maximum Gasteiger partial charge on any atom is 0.311 e. The highest BCUT2D eigenvalue weighted by atomic mass is 35.5. The second kappa shape index (κ2) is 6.88. The van der Waals surface area contributed by atoms with Crippen molar-refractivity contribution in [2.45, 2.75) is 0 Å². The normalized spacial score (nSPS) is 10.9. The molecule has 2 aromatic heterocycles. The topological polar surface area (TPSA) is 131 Å². The van der Waals surface area contributed by atoms with Crippen molar-refractivity contribution >= 4 is 28.7 Å². The van der Waals surface area contributed by atoms with Crippen LogP contribution in [0.25, 0.3) is 16.9 Å². The first kappa shape index (κ1) is 18.4. The van der Waals surface area contributed by atoms with Gasteiger partial charge in [0.15, 0.2) is 5.65 Å². The number of nitrogens with zero attached hydrogens (tertiary/aromatic N) is 4. The van der Waals surface area contributed by atoms with E-state index < -0.39 is 33.5 Å². The van der Waals surface area contributed by atoms with Crippen molar-refractivity contribution < 1.29 is 19.9 Å². The largest absolute Gasteiger partial charge is 0.507 e. The summed E-state index contributed by atoms with van der Waals surface area (Å²) in [5.74, 6) is -2.33. The zero-order chi connectivity index (χ0) is 20.7. The molecule has 0 fully saturated rings. The van der Waals surface area contributed by atoms with Gasteiger partial charge in [0.05, 0.1) is 16.2 Å². The summed E-state index contributed by atoms with van der Waals surface area (Å²) in [4.78, 5) is 27.1. The zero-order valence-corrected chi connectivity index (χ0v) is 15.2. The van der Waals surface area contributed by atoms with Crippen LogP contribution in [0.3, 0.4) is 0 Å². The molecule has 0 aliphatic heterocycles. The first-order chi connectivity index (χ1) is 13.8. The molecule has 10 heteroatoms. The summed E-state index contributed by atoms with van der Waals surface area (Å²) < 4.78 is 1.36. The molecule has 4 rings (SSSR count). The van der Waals surface area contributed by atoms with E-state index in [-0.39, 0.29) is 5.56 Å². The monoisotopic (exact) mass is 410 g/mol. The Kier molecular flexibility index (Phi) is 4.36. The van der Waals surface area contributed by atoms with E-state index in [1.54, 1.807) is 30.3 Å². The van der Waals surface area contributed by atoms with Crippen molar-refractivity contribution in [3.63, 3.8) is 0 Å². The maximum absolute atomic E-state index is 12.8. The second-order valence-electron chi connectivity index (χ2n) is 6.10. The average molecular weight is 411 g/mol. The Morgan fingerprint density at radius 1 is 1.14 bits per heavy atom. The van der Waals surface area contributed by atoms with Crippen molar-refractivity contribution in [3.8, 4) is 22.8 Å². The molecule has 2 N–H and O–H groups in total. The van der Waals surface area contributed by atoms with Gasteiger partial charge in [-0.25, -0.2) is 9.50 Å². The Balaban J connectivity index is 1.77.